The standard InChI is InChI=1S/C13H15N9/c14-11-9(3-1-5-17-11)7-19-21-13(16)22-20-8-10-4-2-6-18-12(10)15/h1-8H,(H2,14,17)(H2,15,18)(H3,16,21,22)/b19-7+,20-8+. The zero-order chi connectivity index (χ0) is 15.8. The molecule has 0 amide bonds. The Morgan fingerprint density at radius 2 is 1.59 bits per heavy atom. The van der Waals surface area contributed by atoms with Crippen LogP contribution in [-0.4, -0.2) is 28.4 Å². The minimum absolute atomic E-state index is 0.0115. The van der Waals surface area contributed by atoms with Crippen molar-refractivity contribution in [3.63, 3.8) is 0 Å². The van der Waals surface area contributed by atoms with E-state index in [4.69, 9.17) is 17.2 Å². The van der Waals surface area contributed by atoms with Gasteiger partial charge in [-0.25, -0.2) is 15.4 Å². The van der Waals surface area contributed by atoms with Gasteiger partial charge in [-0.15, -0.1) is 5.10 Å². The Bertz CT molecular complexity index is 721. The van der Waals surface area contributed by atoms with Gasteiger partial charge >= 0.3 is 0 Å². The van der Waals surface area contributed by atoms with Crippen molar-refractivity contribution < 1.29 is 0 Å². The molecule has 0 saturated carbocycles. The van der Waals surface area contributed by atoms with Crippen molar-refractivity contribution in [3.8, 4) is 0 Å². The lowest BCUT2D eigenvalue weighted by Gasteiger charge is -1.98. The van der Waals surface area contributed by atoms with E-state index in [9.17, 15) is 0 Å². The summed E-state index contributed by atoms with van der Waals surface area (Å²) in [4.78, 5) is 7.84. The first kappa shape index (κ1) is 14.9. The van der Waals surface area contributed by atoms with Gasteiger partial charge in [0.25, 0.3) is 0 Å². The van der Waals surface area contributed by atoms with E-state index in [0.29, 0.717) is 22.8 Å². The molecule has 0 aliphatic heterocycles. The first-order valence-corrected chi connectivity index (χ1v) is 6.23. The predicted octanol–water partition coefficient (Wildman–Crippen LogP) is -0.0867. The van der Waals surface area contributed by atoms with Crippen LogP contribution in [0.4, 0.5) is 11.6 Å². The summed E-state index contributed by atoms with van der Waals surface area (Å²) < 4.78 is 0. The van der Waals surface area contributed by atoms with Crippen LogP contribution in [0.2, 0.25) is 0 Å². The number of aromatic nitrogens is 2. The van der Waals surface area contributed by atoms with E-state index in [1.165, 1.54) is 12.4 Å². The lowest BCUT2D eigenvalue weighted by molar-refractivity contribution is 0.994. The van der Waals surface area contributed by atoms with E-state index < -0.39 is 0 Å². The molecule has 2 aromatic rings. The van der Waals surface area contributed by atoms with Crippen molar-refractivity contribution in [2.75, 3.05) is 11.5 Å². The molecule has 0 aliphatic carbocycles. The van der Waals surface area contributed by atoms with Crippen LogP contribution in [0, 0.1) is 0 Å². The third-order valence-electron chi connectivity index (χ3n) is 2.49. The van der Waals surface area contributed by atoms with Gasteiger partial charge in [0.15, 0.2) is 0 Å². The summed E-state index contributed by atoms with van der Waals surface area (Å²) in [5.41, 5.74) is 20.7. The van der Waals surface area contributed by atoms with Crippen LogP contribution in [0.3, 0.4) is 0 Å². The van der Waals surface area contributed by atoms with Gasteiger partial charge in [0.05, 0.1) is 12.4 Å². The van der Waals surface area contributed by atoms with Gasteiger partial charge in [0.2, 0.25) is 5.96 Å². The smallest absolute Gasteiger partial charge is 0.234 e. The first-order chi connectivity index (χ1) is 10.7. The number of pyridine rings is 2. The number of guanidine groups is 1. The van der Waals surface area contributed by atoms with Crippen LogP contribution >= 0.6 is 0 Å². The monoisotopic (exact) mass is 297 g/mol. The zero-order valence-corrected chi connectivity index (χ0v) is 11.6. The second-order valence-electron chi connectivity index (χ2n) is 4.06. The highest BCUT2D eigenvalue weighted by Crippen LogP contribution is 2.03. The molecule has 112 valence electrons. The minimum atomic E-state index is 0.0115. The van der Waals surface area contributed by atoms with Crippen molar-refractivity contribution in [3.05, 3.63) is 47.8 Å². The van der Waals surface area contributed by atoms with E-state index in [2.05, 4.69) is 30.7 Å². The van der Waals surface area contributed by atoms with Crippen molar-refractivity contribution >= 4 is 30.0 Å². The Hall–Kier alpha value is -3.49. The van der Waals surface area contributed by atoms with Gasteiger partial charge in [0, 0.05) is 23.5 Å². The summed E-state index contributed by atoms with van der Waals surface area (Å²) in [6, 6.07) is 7.02. The number of nitrogens with one attached hydrogen (secondary N) is 1. The molecule has 0 unspecified atom stereocenters. The summed E-state index contributed by atoms with van der Waals surface area (Å²) in [5, 5.41) is 11.4. The molecule has 0 fully saturated rings. The second-order valence-corrected chi connectivity index (χ2v) is 4.06. The quantitative estimate of drug-likeness (QED) is 0.351. The molecule has 0 bridgehead atoms. The van der Waals surface area contributed by atoms with E-state index in [1.807, 2.05) is 0 Å². The molecule has 2 rings (SSSR count). The number of nitrogens with two attached hydrogens (primary N) is 3. The molecule has 2 heterocycles. The van der Waals surface area contributed by atoms with Crippen LogP contribution in [0.25, 0.3) is 0 Å². The third-order valence-corrected chi connectivity index (χ3v) is 2.49. The number of rotatable bonds is 4. The molecule has 0 aliphatic rings. The van der Waals surface area contributed by atoms with E-state index in [-0.39, 0.29) is 5.96 Å². The highest BCUT2D eigenvalue weighted by atomic mass is 15.4. The summed E-state index contributed by atoms with van der Waals surface area (Å²) in [7, 11) is 0. The highest BCUT2D eigenvalue weighted by Gasteiger charge is 1.95. The van der Waals surface area contributed by atoms with E-state index >= 15 is 0 Å². The third kappa shape index (κ3) is 4.27. The summed E-state index contributed by atoms with van der Waals surface area (Å²) >= 11 is 0. The van der Waals surface area contributed by atoms with Gasteiger partial charge in [-0.1, -0.05) is 0 Å². The Morgan fingerprint density at radius 3 is 2.18 bits per heavy atom. The number of anilines is 2. The fourth-order valence-corrected chi connectivity index (χ4v) is 1.42. The summed E-state index contributed by atoms with van der Waals surface area (Å²) in [5.74, 6) is 0.740. The molecule has 2 aromatic heterocycles. The van der Waals surface area contributed by atoms with Crippen LogP contribution in [0.5, 0.6) is 0 Å². The predicted molar refractivity (Wildman–Crippen MR) is 87.2 cm³/mol. The minimum Gasteiger partial charge on any atom is -0.383 e. The zero-order valence-electron chi connectivity index (χ0n) is 11.6. The summed E-state index contributed by atoms with van der Waals surface area (Å²) in [6.45, 7) is 0. The van der Waals surface area contributed by atoms with Crippen molar-refractivity contribution in [2.24, 2.45) is 21.0 Å². The molecule has 0 atom stereocenters. The van der Waals surface area contributed by atoms with Crippen molar-refractivity contribution in [1.29, 1.82) is 0 Å². The van der Waals surface area contributed by atoms with E-state index in [1.54, 1.807) is 36.7 Å². The Balaban J connectivity index is 1.93. The molecule has 7 N–H and O–H groups in total. The number of hydrazone groups is 1. The number of nitrogen functional groups attached to an aromatic ring is 2. The maximum absolute atomic E-state index is 5.66. The number of nitrogens with zero attached hydrogens (tertiary/aromatic N) is 5. The topological polar surface area (TPSA) is 153 Å². The molecule has 22 heavy (non-hydrogen) atoms. The van der Waals surface area contributed by atoms with E-state index in [0.717, 1.165) is 0 Å². The average molecular weight is 297 g/mol. The Morgan fingerprint density at radius 1 is 1.00 bits per heavy atom. The average Bonchev–Trinajstić information content (AvgIpc) is 2.51. The first-order valence-electron chi connectivity index (χ1n) is 6.23. The van der Waals surface area contributed by atoms with Gasteiger partial charge in [0.1, 0.15) is 11.6 Å². The fourth-order valence-electron chi connectivity index (χ4n) is 1.42. The second kappa shape index (κ2) is 7.33. The summed E-state index contributed by atoms with van der Waals surface area (Å²) in [6.07, 6.45) is 6.10. The molecule has 0 aromatic carbocycles. The maximum atomic E-state index is 5.66. The normalized spacial score (nSPS) is 12.1. The maximum Gasteiger partial charge on any atom is 0.234 e. The van der Waals surface area contributed by atoms with Crippen molar-refractivity contribution in [1.82, 2.24) is 15.4 Å². The molecule has 0 spiro atoms. The van der Waals surface area contributed by atoms with Crippen LogP contribution < -0.4 is 22.6 Å². The van der Waals surface area contributed by atoms with Gasteiger partial charge in [-0.2, -0.15) is 10.2 Å². The molecule has 0 radical (unpaired) electrons. The lowest BCUT2D eigenvalue weighted by Crippen LogP contribution is -2.26. The number of hydrogen-bond donors (Lipinski definition) is 4. The highest BCUT2D eigenvalue weighted by molar-refractivity contribution is 5.88. The molecular formula is C13H15N9. The van der Waals surface area contributed by atoms with Gasteiger partial charge in [-0.3, -0.25) is 0 Å². The lowest BCUT2D eigenvalue weighted by atomic mass is 10.3. The Kier molecular flexibility index (Phi) is 4.97. The molecule has 9 nitrogen and oxygen atoms in total. The molecule has 9 heteroatoms. The largest absolute Gasteiger partial charge is 0.383 e. The fraction of sp³-hybridized carbons (Fsp3) is 0. The molecule has 0 saturated heterocycles. The van der Waals surface area contributed by atoms with Crippen LogP contribution in [0.15, 0.2) is 52.0 Å². The van der Waals surface area contributed by atoms with Crippen molar-refractivity contribution in [2.45, 2.75) is 0 Å². The van der Waals surface area contributed by atoms with Gasteiger partial charge in [-0.05, 0) is 24.3 Å². The van der Waals surface area contributed by atoms with Gasteiger partial charge < -0.3 is 17.2 Å². The SMILES string of the molecule is NC(=N/N=C/c1cccnc1N)N/N=C/c1cccnc1N. The number of hydrogen-bond acceptors (Lipinski definition) is 7. The van der Waals surface area contributed by atoms with Crippen LogP contribution in [0.1, 0.15) is 11.1 Å². The Labute approximate surface area is 126 Å². The molecular weight excluding hydrogens is 282 g/mol. The van der Waals surface area contributed by atoms with Crippen LogP contribution in [-0.2, 0) is 0 Å².